The molecule has 0 radical (unpaired) electrons. The highest BCUT2D eigenvalue weighted by Gasteiger charge is 2.22. The van der Waals surface area contributed by atoms with Crippen LogP contribution in [-0.2, 0) is 22.6 Å². The molecule has 0 aliphatic carbocycles. The summed E-state index contributed by atoms with van der Waals surface area (Å²) in [6, 6.07) is 25.9. The van der Waals surface area contributed by atoms with Gasteiger partial charge in [0.1, 0.15) is 12.4 Å². The third-order valence-electron chi connectivity index (χ3n) is 6.80. The first-order chi connectivity index (χ1) is 19.0. The Morgan fingerprint density at radius 2 is 1.41 bits per heavy atom. The fourth-order valence-electron chi connectivity index (χ4n) is 4.40. The van der Waals surface area contributed by atoms with Crippen LogP contribution in [0.5, 0.6) is 5.75 Å². The molecule has 1 amide bonds. The fourth-order valence-corrected chi connectivity index (χ4v) is 4.40. The third-order valence-corrected chi connectivity index (χ3v) is 6.80. The number of Topliss-reactive ketones (excluding diaryl/α,β-unsaturated/α-hetero) is 2. The molecule has 0 saturated heterocycles. The summed E-state index contributed by atoms with van der Waals surface area (Å²) in [4.78, 5) is 40.7. The van der Waals surface area contributed by atoms with Crippen LogP contribution in [0.3, 0.4) is 0 Å². The summed E-state index contributed by atoms with van der Waals surface area (Å²) in [5.74, 6) is 0.380. The van der Waals surface area contributed by atoms with Crippen LogP contribution >= 0.6 is 0 Å². The minimum absolute atomic E-state index is 0.00861. The van der Waals surface area contributed by atoms with Gasteiger partial charge in [-0.15, -0.1) is 0 Å². The topological polar surface area (TPSA) is 75.7 Å². The minimum atomic E-state index is -0.642. The van der Waals surface area contributed by atoms with E-state index in [1.807, 2.05) is 60.7 Å². The number of rotatable bonds is 17. The summed E-state index contributed by atoms with van der Waals surface area (Å²) in [5, 5.41) is 2.91. The van der Waals surface area contributed by atoms with Gasteiger partial charge in [0.05, 0.1) is 6.04 Å². The van der Waals surface area contributed by atoms with E-state index in [9.17, 15) is 14.4 Å². The molecule has 0 bridgehead atoms. The largest absolute Gasteiger partial charge is 0.489 e. The van der Waals surface area contributed by atoms with Gasteiger partial charge in [0, 0.05) is 24.8 Å². The zero-order valence-electron chi connectivity index (χ0n) is 23.1. The van der Waals surface area contributed by atoms with Crippen molar-refractivity contribution < 1.29 is 19.1 Å². The van der Waals surface area contributed by atoms with E-state index in [0.717, 1.165) is 42.9 Å². The van der Waals surface area contributed by atoms with Crippen molar-refractivity contribution in [2.45, 2.75) is 58.6 Å². The Bertz CT molecular complexity index is 1160. The fraction of sp³-hybridized carbons (Fsp3) is 0.364. The standard InChI is InChI=1S/C33H40N2O4/c1-3-35(4-2)23-11-16-32(37)30(34-33(38)22-21-31(36)28-14-9-6-10-15-28)24-26-17-19-29(20-18-26)39-25-27-12-7-5-8-13-27/h5-10,12-15,17-20,30H,3-4,11,16,21-25H2,1-2H3,(H,34,38). The van der Waals surface area contributed by atoms with Gasteiger partial charge in [-0.1, -0.05) is 86.6 Å². The Kier molecular flexibility index (Phi) is 12.4. The Hall–Kier alpha value is -3.77. The van der Waals surface area contributed by atoms with E-state index < -0.39 is 6.04 Å². The van der Waals surface area contributed by atoms with Crippen molar-refractivity contribution in [3.05, 3.63) is 102 Å². The molecule has 1 N–H and O–H groups in total. The quantitative estimate of drug-likeness (QED) is 0.229. The molecule has 0 spiro atoms. The van der Waals surface area contributed by atoms with Gasteiger partial charge in [0.2, 0.25) is 5.91 Å². The Morgan fingerprint density at radius 1 is 0.769 bits per heavy atom. The lowest BCUT2D eigenvalue weighted by Crippen LogP contribution is -2.42. The molecule has 1 atom stereocenters. The second-order valence-corrected chi connectivity index (χ2v) is 9.63. The molecule has 0 fully saturated rings. The number of hydrogen-bond acceptors (Lipinski definition) is 5. The number of benzene rings is 3. The van der Waals surface area contributed by atoms with Crippen LogP contribution < -0.4 is 10.1 Å². The normalized spacial score (nSPS) is 11.7. The molecular weight excluding hydrogens is 488 g/mol. The van der Waals surface area contributed by atoms with Gasteiger partial charge < -0.3 is 15.0 Å². The maximum absolute atomic E-state index is 13.2. The minimum Gasteiger partial charge on any atom is -0.489 e. The number of carbonyl (C=O) groups is 3. The predicted octanol–water partition coefficient (Wildman–Crippen LogP) is 5.65. The second kappa shape index (κ2) is 16.2. The van der Waals surface area contributed by atoms with Crippen molar-refractivity contribution in [2.24, 2.45) is 0 Å². The zero-order valence-corrected chi connectivity index (χ0v) is 23.1. The number of ether oxygens (including phenoxy) is 1. The highest BCUT2D eigenvalue weighted by atomic mass is 16.5. The lowest BCUT2D eigenvalue weighted by atomic mass is 9.98. The van der Waals surface area contributed by atoms with E-state index in [1.54, 1.807) is 24.3 Å². The van der Waals surface area contributed by atoms with Gasteiger partial charge in [-0.25, -0.2) is 0 Å². The summed E-state index contributed by atoms with van der Waals surface area (Å²) in [6.45, 7) is 7.43. The summed E-state index contributed by atoms with van der Waals surface area (Å²) in [5.41, 5.74) is 2.61. The van der Waals surface area contributed by atoms with Crippen LogP contribution in [0.15, 0.2) is 84.9 Å². The first-order valence-electron chi connectivity index (χ1n) is 13.9. The summed E-state index contributed by atoms with van der Waals surface area (Å²) >= 11 is 0. The number of hydrogen-bond donors (Lipinski definition) is 1. The molecule has 3 rings (SSSR count). The van der Waals surface area contributed by atoms with Crippen molar-refractivity contribution in [2.75, 3.05) is 19.6 Å². The van der Waals surface area contributed by atoms with Crippen LogP contribution in [0.2, 0.25) is 0 Å². The average molecular weight is 529 g/mol. The van der Waals surface area contributed by atoms with E-state index in [4.69, 9.17) is 4.74 Å². The summed E-state index contributed by atoms with van der Waals surface area (Å²) in [6.07, 6.45) is 1.67. The van der Waals surface area contributed by atoms with Gasteiger partial charge >= 0.3 is 0 Å². The van der Waals surface area contributed by atoms with Crippen LogP contribution in [0.1, 0.15) is 61.0 Å². The average Bonchev–Trinajstić information content (AvgIpc) is 2.98. The molecule has 3 aromatic rings. The molecule has 39 heavy (non-hydrogen) atoms. The van der Waals surface area contributed by atoms with E-state index in [-0.39, 0.29) is 30.3 Å². The maximum atomic E-state index is 13.2. The van der Waals surface area contributed by atoms with E-state index in [1.165, 1.54) is 0 Å². The van der Waals surface area contributed by atoms with Gasteiger partial charge in [-0.05, 0) is 55.7 Å². The van der Waals surface area contributed by atoms with E-state index >= 15 is 0 Å². The monoisotopic (exact) mass is 528 g/mol. The number of ketones is 2. The van der Waals surface area contributed by atoms with Crippen LogP contribution in [0.25, 0.3) is 0 Å². The smallest absolute Gasteiger partial charge is 0.221 e. The highest BCUT2D eigenvalue weighted by molar-refractivity contribution is 5.98. The van der Waals surface area contributed by atoms with Gasteiger partial charge in [-0.3, -0.25) is 14.4 Å². The van der Waals surface area contributed by atoms with Crippen molar-refractivity contribution >= 4 is 17.5 Å². The SMILES string of the molecule is CCN(CC)CCCC(=O)C(Cc1ccc(OCc2ccccc2)cc1)NC(=O)CCC(=O)c1ccccc1. The molecule has 0 heterocycles. The first-order valence-corrected chi connectivity index (χ1v) is 13.9. The first kappa shape index (κ1) is 29.8. The van der Waals surface area contributed by atoms with Gasteiger partial charge in [-0.2, -0.15) is 0 Å². The zero-order chi connectivity index (χ0) is 27.9. The third kappa shape index (κ3) is 10.5. The molecule has 6 heteroatoms. The lowest BCUT2D eigenvalue weighted by molar-refractivity contribution is -0.127. The molecule has 0 aliphatic rings. The molecule has 6 nitrogen and oxygen atoms in total. The molecule has 0 saturated carbocycles. The summed E-state index contributed by atoms with van der Waals surface area (Å²) in [7, 11) is 0. The Balaban J connectivity index is 1.59. The molecular formula is C33H40N2O4. The van der Waals surface area contributed by atoms with Crippen LogP contribution in [0, 0.1) is 0 Å². The maximum Gasteiger partial charge on any atom is 0.221 e. The van der Waals surface area contributed by atoms with E-state index in [0.29, 0.717) is 25.0 Å². The number of amides is 1. The van der Waals surface area contributed by atoms with Gasteiger partial charge in [0.25, 0.3) is 0 Å². The van der Waals surface area contributed by atoms with Crippen molar-refractivity contribution in [1.29, 1.82) is 0 Å². The van der Waals surface area contributed by atoms with Gasteiger partial charge in [0.15, 0.2) is 11.6 Å². The number of carbonyl (C=O) groups excluding carboxylic acids is 3. The number of nitrogens with zero attached hydrogens (tertiary/aromatic N) is 1. The van der Waals surface area contributed by atoms with Crippen molar-refractivity contribution in [1.82, 2.24) is 10.2 Å². The molecule has 3 aromatic carbocycles. The lowest BCUT2D eigenvalue weighted by Gasteiger charge is -2.20. The predicted molar refractivity (Wildman–Crippen MR) is 155 cm³/mol. The molecule has 1 unspecified atom stereocenters. The Morgan fingerprint density at radius 3 is 2.05 bits per heavy atom. The summed E-state index contributed by atoms with van der Waals surface area (Å²) < 4.78 is 5.88. The van der Waals surface area contributed by atoms with Crippen LogP contribution in [0.4, 0.5) is 0 Å². The van der Waals surface area contributed by atoms with Crippen molar-refractivity contribution in [3.8, 4) is 5.75 Å². The van der Waals surface area contributed by atoms with Crippen molar-refractivity contribution in [3.63, 3.8) is 0 Å². The highest BCUT2D eigenvalue weighted by Crippen LogP contribution is 2.16. The van der Waals surface area contributed by atoms with E-state index in [2.05, 4.69) is 24.1 Å². The molecule has 206 valence electrons. The molecule has 0 aromatic heterocycles. The Labute approximate surface area is 232 Å². The molecule has 0 aliphatic heterocycles. The number of nitrogens with one attached hydrogen (secondary N) is 1. The van der Waals surface area contributed by atoms with Crippen LogP contribution in [-0.4, -0.2) is 48.0 Å². The second-order valence-electron chi connectivity index (χ2n) is 9.63.